The van der Waals surface area contributed by atoms with Gasteiger partial charge in [0.1, 0.15) is 0 Å². The van der Waals surface area contributed by atoms with Crippen LogP contribution in [0.2, 0.25) is 0 Å². The quantitative estimate of drug-likeness (QED) is 0.123. The second-order valence-corrected chi connectivity index (χ2v) is 12.7. The van der Waals surface area contributed by atoms with Crippen LogP contribution in [0.1, 0.15) is 115 Å². The molecule has 0 bridgehead atoms. The van der Waals surface area contributed by atoms with E-state index < -0.39 is 0 Å². The van der Waals surface area contributed by atoms with Gasteiger partial charge in [-0.3, -0.25) is 4.79 Å². The third-order valence-electron chi connectivity index (χ3n) is 7.86. The Morgan fingerprint density at radius 3 is 2.14 bits per heavy atom. The molecule has 2 aromatic carbocycles. The summed E-state index contributed by atoms with van der Waals surface area (Å²) in [6, 6.07) is 14.4. The van der Waals surface area contributed by atoms with E-state index in [0.717, 1.165) is 41.6 Å². The van der Waals surface area contributed by atoms with Gasteiger partial charge in [-0.25, -0.2) is 0 Å². The number of halogens is 1. The van der Waals surface area contributed by atoms with Crippen LogP contribution >= 0.6 is 28.7 Å². The van der Waals surface area contributed by atoms with E-state index in [1.54, 1.807) is 7.11 Å². The number of rotatable bonds is 21. The zero-order valence-electron chi connectivity index (χ0n) is 27.1. The Bertz CT molecular complexity index is 1110. The molecule has 2 aromatic rings. The van der Waals surface area contributed by atoms with Crippen molar-refractivity contribution in [2.75, 3.05) is 24.5 Å². The highest BCUT2D eigenvalue weighted by atomic mass is 79.9. The summed E-state index contributed by atoms with van der Waals surface area (Å²) in [5.41, 5.74) is 3.15. The molecule has 0 spiro atoms. The van der Waals surface area contributed by atoms with Crippen molar-refractivity contribution in [2.45, 2.75) is 117 Å². The normalized spacial score (nSPS) is 12.6. The number of ether oxygens (including phenoxy) is 2. The van der Waals surface area contributed by atoms with Crippen LogP contribution in [0, 0.1) is 0 Å². The number of nitrogens with zero attached hydrogens (tertiary/aromatic N) is 2. The first-order valence-electron chi connectivity index (χ1n) is 16.3. The standard InChI is InChI=1S/C36H54N2O3S.BrH/c1-5-7-8-9-10-11-12-13-14-15-16-17-23-41-34-22-21-32(25-35(34)40-4)28-38(36(39)6-2)33-20-18-19-31(24-33)27-37-26-30(3)42-29-37;/h18-22,24-26H,5-17,23,27-29H2,1-4H3;1H. The molecule has 0 aromatic heterocycles. The molecule has 3 rings (SSSR count). The Morgan fingerprint density at radius 2 is 1.53 bits per heavy atom. The maximum Gasteiger partial charge on any atom is 0.227 e. The second-order valence-electron chi connectivity index (χ2n) is 11.5. The van der Waals surface area contributed by atoms with Crippen molar-refractivity contribution < 1.29 is 14.3 Å². The van der Waals surface area contributed by atoms with Crippen LogP contribution < -0.4 is 14.4 Å². The first-order chi connectivity index (χ1) is 20.5. The van der Waals surface area contributed by atoms with E-state index in [9.17, 15) is 4.79 Å². The number of unbranched alkanes of at least 4 members (excludes halogenated alkanes) is 11. The van der Waals surface area contributed by atoms with Crippen LogP contribution in [0.4, 0.5) is 5.69 Å². The number of carbonyl (C=O) groups is 1. The molecule has 0 fully saturated rings. The zero-order valence-corrected chi connectivity index (χ0v) is 29.6. The monoisotopic (exact) mass is 674 g/mol. The molecule has 1 amide bonds. The number of amides is 1. The molecule has 1 aliphatic rings. The molecule has 240 valence electrons. The lowest BCUT2D eigenvalue weighted by atomic mass is 10.1. The highest BCUT2D eigenvalue weighted by Crippen LogP contribution is 2.31. The first-order valence-corrected chi connectivity index (χ1v) is 17.3. The van der Waals surface area contributed by atoms with Gasteiger partial charge >= 0.3 is 0 Å². The minimum atomic E-state index is 0. The number of anilines is 1. The van der Waals surface area contributed by atoms with E-state index in [-0.39, 0.29) is 22.9 Å². The number of hydrogen-bond acceptors (Lipinski definition) is 5. The number of allylic oxidation sites excluding steroid dienone is 1. The molecule has 0 saturated heterocycles. The lowest BCUT2D eigenvalue weighted by molar-refractivity contribution is -0.118. The third kappa shape index (κ3) is 13.6. The molecule has 0 saturated carbocycles. The maximum absolute atomic E-state index is 13.0. The molecule has 0 radical (unpaired) electrons. The van der Waals surface area contributed by atoms with Crippen molar-refractivity contribution in [1.29, 1.82) is 0 Å². The van der Waals surface area contributed by atoms with Gasteiger partial charge in [0, 0.05) is 24.9 Å². The van der Waals surface area contributed by atoms with Gasteiger partial charge in [-0.15, -0.1) is 28.7 Å². The van der Waals surface area contributed by atoms with E-state index in [4.69, 9.17) is 9.47 Å². The Kier molecular flexibility index (Phi) is 18.6. The molecule has 7 heteroatoms. The van der Waals surface area contributed by atoms with Crippen LogP contribution in [-0.2, 0) is 17.9 Å². The van der Waals surface area contributed by atoms with Crippen molar-refractivity contribution in [3.05, 3.63) is 64.7 Å². The minimum absolute atomic E-state index is 0. The van der Waals surface area contributed by atoms with E-state index >= 15 is 0 Å². The van der Waals surface area contributed by atoms with Gasteiger partial charge in [0.05, 0.1) is 26.1 Å². The summed E-state index contributed by atoms with van der Waals surface area (Å²) in [5.74, 6) is 2.57. The van der Waals surface area contributed by atoms with Crippen LogP contribution in [-0.4, -0.2) is 30.4 Å². The van der Waals surface area contributed by atoms with Gasteiger partial charge < -0.3 is 19.3 Å². The third-order valence-corrected chi connectivity index (χ3v) is 8.88. The Hall–Kier alpha value is -2.12. The molecule has 0 aliphatic carbocycles. The van der Waals surface area contributed by atoms with E-state index in [1.807, 2.05) is 47.9 Å². The second kappa shape index (κ2) is 21.6. The van der Waals surface area contributed by atoms with Crippen molar-refractivity contribution in [3.8, 4) is 11.5 Å². The fourth-order valence-electron chi connectivity index (χ4n) is 5.42. The van der Waals surface area contributed by atoms with Crippen molar-refractivity contribution in [2.24, 2.45) is 0 Å². The topological polar surface area (TPSA) is 42.0 Å². The molecule has 0 atom stereocenters. The molecular weight excluding hydrogens is 620 g/mol. The Balaban J connectivity index is 0.00000645. The number of hydrogen-bond donors (Lipinski definition) is 0. The van der Waals surface area contributed by atoms with E-state index in [1.165, 1.54) is 81.1 Å². The summed E-state index contributed by atoms with van der Waals surface area (Å²) in [6.45, 7) is 8.37. The van der Waals surface area contributed by atoms with Crippen LogP contribution in [0.3, 0.4) is 0 Å². The van der Waals surface area contributed by atoms with Gasteiger partial charge in [-0.1, -0.05) is 103 Å². The predicted molar refractivity (Wildman–Crippen MR) is 190 cm³/mol. The predicted octanol–water partition coefficient (Wildman–Crippen LogP) is 10.7. The summed E-state index contributed by atoms with van der Waals surface area (Å²) in [6.07, 6.45) is 18.6. The molecule has 1 aliphatic heterocycles. The smallest absolute Gasteiger partial charge is 0.227 e. The zero-order chi connectivity index (χ0) is 30.0. The fourth-order valence-corrected chi connectivity index (χ4v) is 6.18. The molecule has 1 heterocycles. The van der Waals surface area contributed by atoms with E-state index in [2.05, 4.69) is 43.1 Å². The summed E-state index contributed by atoms with van der Waals surface area (Å²) < 4.78 is 11.8. The average molecular weight is 676 g/mol. The fraction of sp³-hybridized carbons (Fsp3) is 0.583. The van der Waals surface area contributed by atoms with Crippen molar-refractivity contribution >= 4 is 40.3 Å². The number of benzene rings is 2. The van der Waals surface area contributed by atoms with Gasteiger partial charge in [0.25, 0.3) is 0 Å². The van der Waals surface area contributed by atoms with Gasteiger partial charge in [0.2, 0.25) is 5.91 Å². The lowest BCUT2D eigenvalue weighted by Crippen LogP contribution is -2.29. The minimum Gasteiger partial charge on any atom is -0.493 e. The van der Waals surface area contributed by atoms with Gasteiger partial charge in [-0.05, 0) is 53.6 Å². The Labute approximate surface area is 276 Å². The summed E-state index contributed by atoms with van der Waals surface area (Å²) in [5, 5.41) is 0. The first kappa shape index (κ1) is 37.1. The van der Waals surface area contributed by atoms with E-state index in [0.29, 0.717) is 19.6 Å². The summed E-state index contributed by atoms with van der Waals surface area (Å²) in [7, 11) is 1.68. The van der Waals surface area contributed by atoms with Crippen LogP contribution in [0.5, 0.6) is 11.5 Å². The number of thioether (sulfide) groups is 1. The van der Waals surface area contributed by atoms with Crippen LogP contribution in [0.25, 0.3) is 0 Å². The molecule has 43 heavy (non-hydrogen) atoms. The number of carbonyl (C=O) groups excluding carboxylic acids is 1. The van der Waals surface area contributed by atoms with Crippen molar-refractivity contribution in [3.63, 3.8) is 0 Å². The van der Waals surface area contributed by atoms with Crippen LogP contribution in [0.15, 0.2) is 53.6 Å². The SMILES string of the molecule is Br.CCCCCCCCCCCCCCOc1ccc(CN(C(=O)CC)c2cccc(CN3C=C(C)SC3)c2)cc1OC. The Morgan fingerprint density at radius 1 is 0.860 bits per heavy atom. The number of methoxy groups -OCH3 is 1. The van der Waals surface area contributed by atoms with Gasteiger partial charge in [-0.2, -0.15) is 0 Å². The summed E-state index contributed by atoms with van der Waals surface area (Å²) >= 11 is 1.86. The summed E-state index contributed by atoms with van der Waals surface area (Å²) in [4.78, 5) is 18.6. The molecule has 0 unspecified atom stereocenters. The molecular formula is C36H55BrN2O3S. The average Bonchev–Trinajstić information content (AvgIpc) is 3.42. The van der Waals surface area contributed by atoms with Gasteiger partial charge in [0.15, 0.2) is 11.5 Å². The lowest BCUT2D eigenvalue weighted by Gasteiger charge is -2.24. The highest BCUT2D eigenvalue weighted by Gasteiger charge is 2.17. The largest absolute Gasteiger partial charge is 0.493 e. The molecule has 0 N–H and O–H groups in total. The highest BCUT2D eigenvalue weighted by molar-refractivity contribution is 8.93. The molecule has 5 nitrogen and oxygen atoms in total. The van der Waals surface area contributed by atoms with Crippen molar-refractivity contribution in [1.82, 2.24) is 4.90 Å². The maximum atomic E-state index is 13.0.